The van der Waals surface area contributed by atoms with Gasteiger partial charge in [-0.25, -0.2) is 0 Å². The van der Waals surface area contributed by atoms with Crippen LogP contribution in [-0.2, 0) is 16.2 Å². The van der Waals surface area contributed by atoms with E-state index in [0.29, 0.717) is 0 Å². The van der Waals surface area contributed by atoms with E-state index < -0.39 is 0 Å². The predicted molar refractivity (Wildman–Crippen MR) is 291 cm³/mol. The van der Waals surface area contributed by atoms with Crippen molar-refractivity contribution in [2.45, 2.75) is 71.6 Å². The molecule has 67 heavy (non-hydrogen) atoms. The molecule has 0 saturated heterocycles. The van der Waals surface area contributed by atoms with Crippen molar-refractivity contribution in [3.8, 4) is 11.1 Å². The fraction of sp³-hybridized carbons (Fsp3) is 0.175. The molecule has 330 valence electrons. The Morgan fingerprint density at radius 1 is 0.463 bits per heavy atom. The Morgan fingerprint density at radius 2 is 1.01 bits per heavy atom. The third kappa shape index (κ3) is 7.31. The van der Waals surface area contributed by atoms with Gasteiger partial charge < -0.3 is 14.7 Å². The van der Waals surface area contributed by atoms with Gasteiger partial charge >= 0.3 is 0 Å². The van der Waals surface area contributed by atoms with E-state index >= 15 is 0 Å². The quantitative estimate of drug-likeness (QED) is 0.122. The minimum atomic E-state index is -0.142. The molecule has 11 rings (SSSR count). The summed E-state index contributed by atoms with van der Waals surface area (Å²) in [6, 6.07) is 68.4. The molecular formula is C63H60BN3. The molecule has 8 aromatic rings. The highest BCUT2D eigenvalue weighted by molar-refractivity contribution is 7.00. The highest BCUT2D eigenvalue weighted by Gasteiger charge is 2.45. The zero-order chi connectivity index (χ0) is 46.8. The summed E-state index contributed by atoms with van der Waals surface area (Å²) in [4.78, 5) is 7.54. The molecule has 2 heterocycles. The molecule has 0 radical (unpaired) electrons. The summed E-state index contributed by atoms with van der Waals surface area (Å²) in [6.45, 7) is 25.4. The van der Waals surface area contributed by atoms with Gasteiger partial charge in [0.15, 0.2) is 0 Å². The van der Waals surface area contributed by atoms with E-state index in [1.54, 1.807) is 12.2 Å². The molecule has 4 heteroatoms. The number of fused-ring (bicyclic) bond motifs is 7. The van der Waals surface area contributed by atoms with Crippen LogP contribution in [0.3, 0.4) is 0 Å². The number of para-hydroxylation sites is 2. The van der Waals surface area contributed by atoms with Gasteiger partial charge in [0.2, 0.25) is 0 Å². The minimum Gasteiger partial charge on any atom is -0.311 e. The van der Waals surface area contributed by atoms with Crippen LogP contribution >= 0.6 is 0 Å². The van der Waals surface area contributed by atoms with E-state index in [4.69, 9.17) is 0 Å². The molecule has 0 N–H and O–H groups in total. The number of rotatable bonds is 6. The van der Waals surface area contributed by atoms with E-state index in [1.807, 2.05) is 0 Å². The first kappa shape index (κ1) is 43.6. The molecule has 1 aliphatic carbocycles. The van der Waals surface area contributed by atoms with Crippen molar-refractivity contribution in [2.75, 3.05) is 14.7 Å². The highest BCUT2D eigenvalue weighted by Crippen LogP contribution is 2.55. The molecule has 0 unspecified atom stereocenters. The van der Waals surface area contributed by atoms with Gasteiger partial charge in [-0.15, -0.1) is 0 Å². The molecule has 0 saturated carbocycles. The van der Waals surface area contributed by atoms with Gasteiger partial charge in [-0.1, -0.05) is 190 Å². The van der Waals surface area contributed by atoms with Crippen LogP contribution in [0.2, 0.25) is 0 Å². The molecule has 0 amide bonds. The standard InChI is InChI=1S/C59H54BN3.C4H6/c1-57(2,3)39-29-32-43(33-30-39)62-50-36-31-40(58(4,5)6)37-49(50)60-48-35-34-44(61(41-19-11-9-12-20-41)42-21-13-10-14-22-42)38-54(48)63(53-28-18-27-52(62)56(53)60)51-26-17-25-47-55(51)45-23-15-16-24-46(45)59(47,7)8;1-3-4-2/h9-38H,1-8H3;3-4H,1-2H2. The number of benzene rings is 8. The zero-order valence-corrected chi connectivity index (χ0v) is 40.3. The number of nitrogens with zero attached hydrogens (tertiary/aromatic N) is 3. The molecular weight excluding hydrogens is 810 g/mol. The maximum atomic E-state index is 3.36. The first-order chi connectivity index (χ1) is 32.2. The number of anilines is 9. The van der Waals surface area contributed by atoms with E-state index in [1.165, 1.54) is 83.9 Å². The average molecular weight is 870 g/mol. The summed E-state index contributed by atoms with van der Waals surface area (Å²) < 4.78 is 0. The third-order valence-corrected chi connectivity index (χ3v) is 14.1. The van der Waals surface area contributed by atoms with Crippen molar-refractivity contribution >= 4 is 74.3 Å². The lowest BCUT2D eigenvalue weighted by Gasteiger charge is -2.45. The molecule has 3 aliphatic rings. The lowest BCUT2D eigenvalue weighted by molar-refractivity contribution is 0.590. The average Bonchev–Trinajstić information content (AvgIpc) is 3.57. The Morgan fingerprint density at radius 3 is 1.64 bits per heavy atom. The topological polar surface area (TPSA) is 9.72 Å². The third-order valence-electron chi connectivity index (χ3n) is 14.1. The van der Waals surface area contributed by atoms with E-state index in [0.717, 1.165) is 17.1 Å². The van der Waals surface area contributed by atoms with Gasteiger partial charge in [-0.3, -0.25) is 0 Å². The van der Waals surface area contributed by atoms with Crippen LogP contribution < -0.4 is 31.1 Å². The molecule has 0 spiro atoms. The van der Waals surface area contributed by atoms with Gasteiger partial charge in [0.1, 0.15) is 0 Å². The predicted octanol–water partition coefficient (Wildman–Crippen LogP) is 15.5. The minimum absolute atomic E-state index is 0.00119. The second-order valence-corrected chi connectivity index (χ2v) is 20.7. The van der Waals surface area contributed by atoms with Gasteiger partial charge in [0.25, 0.3) is 6.71 Å². The van der Waals surface area contributed by atoms with Crippen molar-refractivity contribution in [3.63, 3.8) is 0 Å². The Bertz CT molecular complexity index is 3120. The molecule has 0 fully saturated rings. The second kappa shape index (κ2) is 16.5. The van der Waals surface area contributed by atoms with Gasteiger partial charge in [-0.05, 0) is 128 Å². The number of hydrogen-bond acceptors (Lipinski definition) is 3. The van der Waals surface area contributed by atoms with Crippen LogP contribution in [0.1, 0.15) is 77.6 Å². The fourth-order valence-electron chi connectivity index (χ4n) is 10.7. The first-order valence-electron chi connectivity index (χ1n) is 23.7. The maximum absolute atomic E-state index is 3.36. The SMILES string of the molecule is C=CC=C.CC(C)(C)c1ccc(N2c3ccc(C(C)(C)C)cc3B3c4ccc(N(c5ccccc5)c5ccccc5)cc4N(c4cccc5c4-c4ccccc4C5(C)C)c4cccc2c43)cc1. The molecule has 0 bridgehead atoms. The van der Waals surface area contributed by atoms with Crippen LogP contribution in [-0.4, -0.2) is 6.71 Å². The Kier molecular flexibility index (Phi) is 10.8. The lowest BCUT2D eigenvalue weighted by atomic mass is 9.33. The van der Waals surface area contributed by atoms with Crippen molar-refractivity contribution in [1.82, 2.24) is 0 Å². The van der Waals surface area contributed by atoms with Crippen molar-refractivity contribution in [1.29, 1.82) is 0 Å². The summed E-state index contributed by atoms with van der Waals surface area (Å²) in [5, 5.41) is 0. The van der Waals surface area contributed by atoms with Crippen molar-refractivity contribution in [2.24, 2.45) is 0 Å². The smallest absolute Gasteiger partial charge is 0.252 e. The second-order valence-electron chi connectivity index (χ2n) is 20.7. The molecule has 0 atom stereocenters. The van der Waals surface area contributed by atoms with Crippen molar-refractivity contribution in [3.05, 3.63) is 230 Å². The van der Waals surface area contributed by atoms with Crippen LogP contribution in [0.25, 0.3) is 11.1 Å². The summed E-state index contributed by atoms with van der Waals surface area (Å²) in [6.07, 6.45) is 3.28. The number of hydrogen-bond donors (Lipinski definition) is 0. The van der Waals surface area contributed by atoms with Crippen LogP contribution in [0.4, 0.5) is 51.2 Å². The van der Waals surface area contributed by atoms with E-state index in [-0.39, 0.29) is 23.0 Å². The van der Waals surface area contributed by atoms with E-state index in [2.05, 4.69) is 265 Å². The summed E-state index contributed by atoms with van der Waals surface area (Å²) in [7, 11) is 0. The molecule has 3 nitrogen and oxygen atoms in total. The normalized spacial score (nSPS) is 13.8. The summed E-state index contributed by atoms with van der Waals surface area (Å²) >= 11 is 0. The van der Waals surface area contributed by atoms with E-state index in [9.17, 15) is 0 Å². The fourth-order valence-corrected chi connectivity index (χ4v) is 10.7. The molecule has 0 aromatic heterocycles. The lowest BCUT2D eigenvalue weighted by Crippen LogP contribution is -2.61. The van der Waals surface area contributed by atoms with Crippen molar-refractivity contribution < 1.29 is 0 Å². The summed E-state index contributed by atoms with van der Waals surface area (Å²) in [5.74, 6) is 0. The highest BCUT2D eigenvalue weighted by atomic mass is 15.2. The summed E-state index contributed by atoms with van der Waals surface area (Å²) in [5.41, 5.74) is 22.5. The van der Waals surface area contributed by atoms with Crippen LogP contribution in [0, 0.1) is 0 Å². The Labute approximate surface area is 399 Å². The largest absolute Gasteiger partial charge is 0.311 e. The molecule has 8 aromatic carbocycles. The first-order valence-corrected chi connectivity index (χ1v) is 23.7. The Balaban J connectivity index is 0.00000126. The van der Waals surface area contributed by atoms with Crippen LogP contribution in [0.15, 0.2) is 207 Å². The maximum Gasteiger partial charge on any atom is 0.252 e. The Hall–Kier alpha value is -7.30. The van der Waals surface area contributed by atoms with Gasteiger partial charge in [0.05, 0.1) is 5.69 Å². The monoisotopic (exact) mass is 869 g/mol. The number of allylic oxidation sites excluding steroid dienone is 2. The molecule has 2 aliphatic heterocycles. The zero-order valence-electron chi connectivity index (χ0n) is 40.3. The van der Waals surface area contributed by atoms with Crippen LogP contribution in [0.5, 0.6) is 0 Å². The van der Waals surface area contributed by atoms with Gasteiger partial charge in [-0.2, -0.15) is 0 Å². The van der Waals surface area contributed by atoms with Gasteiger partial charge in [0, 0.05) is 56.5 Å².